The second-order valence-corrected chi connectivity index (χ2v) is 8.96. The summed E-state index contributed by atoms with van der Waals surface area (Å²) < 4.78 is 1.14. The van der Waals surface area contributed by atoms with Crippen LogP contribution in [0.3, 0.4) is 0 Å². The molecular weight excluding hydrogens is 388 g/mol. The van der Waals surface area contributed by atoms with Crippen LogP contribution in [-0.2, 0) is 6.54 Å². The molecule has 3 aromatic rings. The van der Waals surface area contributed by atoms with E-state index in [0.717, 1.165) is 64.8 Å². The first-order valence-electron chi connectivity index (χ1n) is 9.80. The lowest BCUT2D eigenvalue weighted by atomic mass is 10.1. The maximum absolute atomic E-state index is 12.8. The Labute approximate surface area is 175 Å². The fourth-order valence-electron chi connectivity index (χ4n) is 3.84. The van der Waals surface area contributed by atoms with Gasteiger partial charge in [-0.1, -0.05) is 41.9 Å². The normalized spacial score (nSPS) is 15.9. The third-order valence-corrected chi connectivity index (χ3v) is 7.07. The van der Waals surface area contributed by atoms with Crippen molar-refractivity contribution in [2.24, 2.45) is 0 Å². The summed E-state index contributed by atoms with van der Waals surface area (Å²) in [6.07, 6.45) is 0.583. The van der Waals surface area contributed by atoms with Crippen LogP contribution in [-0.4, -0.2) is 48.3 Å². The average Bonchev–Trinajstić information content (AvgIpc) is 3.04. The molecule has 4 rings (SSSR count). The molecular formula is C23H25ClN2OS. The van der Waals surface area contributed by atoms with Gasteiger partial charge in [0.2, 0.25) is 0 Å². The van der Waals surface area contributed by atoms with Crippen LogP contribution in [0.1, 0.15) is 27.2 Å². The van der Waals surface area contributed by atoms with Gasteiger partial charge in [-0.15, -0.1) is 11.3 Å². The highest BCUT2D eigenvalue weighted by Gasteiger charge is 2.20. The number of ketones is 1. The molecule has 2 aromatic carbocycles. The third-order valence-electron chi connectivity index (χ3n) is 5.52. The lowest BCUT2D eigenvalue weighted by Crippen LogP contribution is -2.46. The fraction of sp³-hybridized carbons (Fsp3) is 0.348. The number of piperazine rings is 1. The summed E-state index contributed by atoms with van der Waals surface area (Å²) >= 11 is 7.71. The van der Waals surface area contributed by atoms with Crippen molar-refractivity contribution >= 4 is 38.8 Å². The van der Waals surface area contributed by atoms with Crippen molar-refractivity contribution in [3.63, 3.8) is 0 Å². The first-order valence-corrected chi connectivity index (χ1v) is 11.0. The van der Waals surface area contributed by atoms with Gasteiger partial charge in [0, 0.05) is 55.4 Å². The lowest BCUT2D eigenvalue weighted by molar-refractivity contribution is 0.0926. The number of aryl methyl sites for hydroxylation is 1. The van der Waals surface area contributed by atoms with Crippen molar-refractivity contribution in [3.8, 4) is 0 Å². The predicted molar refractivity (Wildman–Crippen MR) is 119 cm³/mol. The van der Waals surface area contributed by atoms with Gasteiger partial charge in [0.25, 0.3) is 0 Å². The highest BCUT2D eigenvalue weighted by Crippen LogP contribution is 2.33. The van der Waals surface area contributed by atoms with Gasteiger partial charge in [-0.2, -0.15) is 0 Å². The number of hydrogen-bond acceptors (Lipinski definition) is 4. The van der Waals surface area contributed by atoms with Crippen LogP contribution >= 0.6 is 22.9 Å². The standard InChI is InChI=1S/C23H25ClN2OS/c1-17-20-15-19(24)7-8-22(20)28-23(17)21(27)9-10-25-11-13-26(14-12-25)16-18-5-3-2-4-6-18/h2-8,15H,9-14,16H2,1H3. The molecule has 0 atom stereocenters. The first kappa shape index (κ1) is 19.6. The number of nitrogens with zero attached hydrogens (tertiary/aromatic N) is 2. The van der Waals surface area contributed by atoms with E-state index in [1.54, 1.807) is 11.3 Å². The molecule has 0 amide bonds. The molecule has 5 heteroatoms. The number of halogens is 1. The van der Waals surface area contributed by atoms with Crippen LogP contribution < -0.4 is 0 Å². The van der Waals surface area contributed by atoms with E-state index in [0.29, 0.717) is 6.42 Å². The van der Waals surface area contributed by atoms with E-state index < -0.39 is 0 Å². The van der Waals surface area contributed by atoms with Gasteiger partial charge < -0.3 is 4.90 Å². The minimum Gasteiger partial charge on any atom is -0.300 e. The highest BCUT2D eigenvalue weighted by molar-refractivity contribution is 7.21. The molecule has 0 radical (unpaired) electrons. The van der Waals surface area contributed by atoms with Crippen molar-refractivity contribution in [2.75, 3.05) is 32.7 Å². The van der Waals surface area contributed by atoms with E-state index >= 15 is 0 Å². The molecule has 0 N–H and O–H groups in total. The Balaban J connectivity index is 1.29. The van der Waals surface area contributed by atoms with Gasteiger partial charge in [-0.25, -0.2) is 0 Å². The summed E-state index contributed by atoms with van der Waals surface area (Å²) in [5.74, 6) is 0.251. The van der Waals surface area contributed by atoms with Gasteiger partial charge in [0.1, 0.15) is 0 Å². The van der Waals surface area contributed by atoms with Crippen LogP contribution in [0.25, 0.3) is 10.1 Å². The Bertz CT molecular complexity index is 961. The number of Topliss-reactive ketones (excluding diaryl/α,β-unsaturated/α-hetero) is 1. The number of benzene rings is 2. The number of rotatable bonds is 6. The summed E-state index contributed by atoms with van der Waals surface area (Å²) in [7, 11) is 0. The number of carbonyl (C=O) groups excluding carboxylic acids is 1. The maximum atomic E-state index is 12.8. The Morgan fingerprint density at radius 1 is 1.04 bits per heavy atom. The molecule has 1 aliphatic heterocycles. The van der Waals surface area contributed by atoms with Crippen LogP contribution in [0.4, 0.5) is 0 Å². The summed E-state index contributed by atoms with van der Waals surface area (Å²) in [4.78, 5) is 18.6. The Kier molecular flexibility index (Phi) is 6.12. The van der Waals surface area contributed by atoms with E-state index in [1.807, 2.05) is 25.1 Å². The molecule has 2 heterocycles. The lowest BCUT2D eigenvalue weighted by Gasteiger charge is -2.34. The highest BCUT2D eigenvalue weighted by atomic mass is 35.5. The van der Waals surface area contributed by atoms with Gasteiger partial charge in [-0.05, 0) is 41.6 Å². The predicted octanol–water partition coefficient (Wildman–Crippen LogP) is 5.25. The molecule has 0 aliphatic carbocycles. The van der Waals surface area contributed by atoms with Gasteiger partial charge in [-0.3, -0.25) is 9.69 Å². The molecule has 28 heavy (non-hydrogen) atoms. The molecule has 0 unspecified atom stereocenters. The summed E-state index contributed by atoms with van der Waals surface area (Å²) in [6.45, 7) is 8.06. The summed E-state index contributed by atoms with van der Waals surface area (Å²) in [5, 5.41) is 1.83. The van der Waals surface area contributed by atoms with Gasteiger partial charge in [0.15, 0.2) is 5.78 Å². The zero-order valence-electron chi connectivity index (χ0n) is 16.2. The molecule has 1 aliphatic rings. The number of thiophene rings is 1. The van der Waals surface area contributed by atoms with Crippen LogP contribution in [0.15, 0.2) is 48.5 Å². The van der Waals surface area contributed by atoms with Crippen molar-refractivity contribution in [3.05, 3.63) is 69.6 Å². The Morgan fingerprint density at radius 3 is 2.50 bits per heavy atom. The maximum Gasteiger partial charge on any atom is 0.174 e. The van der Waals surface area contributed by atoms with E-state index in [4.69, 9.17) is 11.6 Å². The molecule has 146 valence electrons. The smallest absolute Gasteiger partial charge is 0.174 e. The fourth-order valence-corrected chi connectivity index (χ4v) is 5.17. The SMILES string of the molecule is Cc1c(C(=O)CCN2CCN(Cc3ccccc3)CC2)sc2ccc(Cl)cc12. The monoisotopic (exact) mass is 412 g/mol. The van der Waals surface area contributed by atoms with Crippen LogP contribution in [0.5, 0.6) is 0 Å². The van der Waals surface area contributed by atoms with Crippen molar-refractivity contribution in [1.29, 1.82) is 0 Å². The summed E-state index contributed by atoms with van der Waals surface area (Å²) in [5.41, 5.74) is 2.44. The van der Waals surface area contributed by atoms with E-state index in [1.165, 1.54) is 5.56 Å². The minimum absolute atomic E-state index is 0.251. The minimum atomic E-state index is 0.251. The first-order chi connectivity index (χ1) is 13.6. The Hall–Kier alpha value is -1.72. The molecule has 0 spiro atoms. The van der Waals surface area contributed by atoms with Crippen LogP contribution in [0.2, 0.25) is 5.02 Å². The van der Waals surface area contributed by atoms with Crippen molar-refractivity contribution in [1.82, 2.24) is 9.80 Å². The van der Waals surface area contributed by atoms with Crippen LogP contribution in [0, 0.1) is 6.92 Å². The zero-order valence-corrected chi connectivity index (χ0v) is 17.7. The number of hydrogen-bond donors (Lipinski definition) is 0. The largest absolute Gasteiger partial charge is 0.300 e. The second kappa shape index (κ2) is 8.75. The molecule has 0 bridgehead atoms. The average molecular weight is 413 g/mol. The number of carbonyl (C=O) groups is 1. The molecule has 1 aromatic heterocycles. The van der Waals surface area contributed by atoms with Crippen molar-refractivity contribution in [2.45, 2.75) is 19.9 Å². The van der Waals surface area contributed by atoms with Gasteiger partial charge in [0.05, 0.1) is 4.88 Å². The molecule has 1 saturated heterocycles. The summed E-state index contributed by atoms with van der Waals surface area (Å²) in [6, 6.07) is 16.5. The van der Waals surface area contributed by atoms with Crippen molar-refractivity contribution < 1.29 is 4.79 Å². The third kappa shape index (κ3) is 4.47. The quantitative estimate of drug-likeness (QED) is 0.516. The molecule has 1 fully saturated rings. The molecule has 3 nitrogen and oxygen atoms in total. The topological polar surface area (TPSA) is 23.6 Å². The van der Waals surface area contributed by atoms with E-state index in [2.05, 4.69) is 40.1 Å². The van der Waals surface area contributed by atoms with E-state index in [9.17, 15) is 4.79 Å². The van der Waals surface area contributed by atoms with E-state index in [-0.39, 0.29) is 5.78 Å². The Morgan fingerprint density at radius 2 is 1.75 bits per heavy atom. The van der Waals surface area contributed by atoms with Gasteiger partial charge >= 0.3 is 0 Å². The zero-order chi connectivity index (χ0) is 19.5. The second-order valence-electron chi connectivity index (χ2n) is 7.47. The molecule has 0 saturated carbocycles. The number of fused-ring (bicyclic) bond motifs is 1.